The zero-order valence-electron chi connectivity index (χ0n) is 21.1. The number of carboxylic acids is 1. The molecule has 0 bridgehead atoms. The lowest BCUT2D eigenvalue weighted by atomic mass is 9.88. The lowest BCUT2D eigenvalue weighted by Crippen LogP contribution is -2.45. The Kier molecular flexibility index (Phi) is 9.29. The number of carbonyl (C=O) groups is 1. The second-order valence-corrected chi connectivity index (χ2v) is 10.5. The van der Waals surface area contributed by atoms with Crippen LogP contribution >= 0.6 is 0 Å². The summed E-state index contributed by atoms with van der Waals surface area (Å²) in [6, 6.07) is 14.8. The zero-order chi connectivity index (χ0) is 24.7. The third-order valence-electron chi connectivity index (χ3n) is 6.86. The molecule has 0 saturated carbocycles. The number of rotatable bonds is 13. The van der Waals surface area contributed by atoms with E-state index in [1.54, 1.807) is 0 Å². The summed E-state index contributed by atoms with van der Waals surface area (Å²) in [4.78, 5) is 11.1. The van der Waals surface area contributed by atoms with Crippen LogP contribution in [0.2, 0.25) is 0 Å². The van der Waals surface area contributed by atoms with Crippen LogP contribution in [0, 0.1) is 12.8 Å². The maximum absolute atomic E-state index is 11.1. The lowest BCUT2D eigenvalue weighted by Gasteiger charge is -2.31. The smallest absolute Gasteiger partial charge is 0.303 e. The van der Waals surface area contributed by atoms with Gasteiger partial charge in [0.25, 0.3) is 0 Å². The van der Waals surface area contributed by atoms with Crippen LogP contribution in [0.5, 0.6) is 0 Å². The highest BCUT2D eigenvalue weighted by atomic mass is 16.5. The van der Waals surface area contributed by atoms with Crippen molar-refractivity contribution in [3.63, 3.8) is 0 Å². The predicted molar refractivity (Wildman–Crippen MR) is 136 cm³/mol. The maximum atomic E-state index is 11.1. The van der Waals surface area contributed by atoms with Gasteiger partial charge in [0.15, 0.2) is 0 Å². The van der Waals surface area contributed by atoms with Crippen molar-refractivity contribution in [3.8, 4) is 0 Å². The predicted octanol–water partition coefficient (Wildman–Crippen LogP) is 5.01. The van der Waals surface area contributed by atoms with Crippen LogP contribution in [0.15, 0.2) is 42.5 Å². The molecule has 0 unspecified atom stereocenters. The molecule has 5 heteroatoms. The van der Waals surface area contributed by atoms with E-state index in [0.29, 0.717) is 18.9 Å². The average molecular weight is 468 g/mol. The van der Waals surface area contributed by atoms with Gasteiger partial charge in [-0.1, -0.05) is 55.0 Å². The SMILES string of the molecule is CC[C@@H](OC[C@H](O)CNC(C)(C)CC1Cc2ccccc2C1)c1ccc(C)cc1CCC(=O)O. The molecule has 2 aromatic carbocycles. The van der Waals surface area contributed by atoms with Gasteiger partial charge in [-0.15, -0.1) is 0 Å². The third-order valence-corrected chi connectivity index (χ3v) is 6.86. The Morgan fingerprint density at radius 2 is 1.85 bits per heavy atom. The number of aryl methyl sites for hydroxylation is 2. The summed E-state index contributed by atoms with van der Waals surface area (Å²) in [7, 11) is 0. The van der Waals surface area contributed by atoms with E-state index in [1.165, 1.54) is 11.1 Å². The monoisotopic (exact) mass is 467 g/mol. The van der Waals surface area contributed by atoms with Crippen molar-refractivity contribution in [1.29, 1.82) is 0 Å². The van der Waals surface area contributed by atoms with Gasteiger partial charge in [-0.05, 0) is 81.0 Å². The van der Waals surface area contributed by atoms with Gasteiger partial charge in [0.1, 0.15) is 0 Å². The average Bonchev–Trinajstić information content (AvgIpc) is 3.19. The molecule has 2 aromatic rings. The normalized spacial score (nSPS) is 15.8. The number of nitrogens with one attached hydrogen (secondary N) is 1. The first-order valence-corrected chi connectivity index (χ1v) is 12.6. The molecule has 0 spiro atoms. The van der Waals surface area contributed by atoms with Gasteiger partial charge < -0.3 is 20.3 Å². The van der Waals surface area contributed by atoms with Crippen molar-refractivity contribution in [2.75, 3.05) is 13.2 Å². The summed E-state index contributed by atoms with van der Waals surface area (Å²) >= 11 is 0. The number of carboxylic acid groups (broad SMARTS) is 1. The number of fused-ring (bicyclic) bond motifs is 1. The van der Waals surface area contributed by atoms with Crippen molar-refractivity contribution < 1.29 is 19.7 Å². The molecule has 34 heavy (non-hydrogen) atoms. The summed E-state index contributed by atoms with van der Waals surface area (Å²) in [5.41, 5.74) is 6.02. The van der Waals surface area contributed by atoms with Crippen LogP contribution in [0.4, 0.5) is 0 Å². The first-order valence-electron chi connectivity index (χ1n) is 12.6. The fourth-order valence-electron chi connectivity index (χ4n) is 5.20. The van der Waals surface area contributed by atoms with E-state index >= 15 is 0 Å². The van der Waals surface area contributed by atoms with E-state index in [4.69, 9.17) is 9.84 Å². The van der Waals surface area contributed by atoms with Crippen molar-refractivity contribution >= 4 is 5.97 Å². The maximum Gasteiger partial charge on any atom is 0.303 e. The van der Waals surface area contributed by atoms with Gasteiger partial charge in [0, 0.05) is 18.5 Å². The van der Waals surface area contributed by atoms with Crippen LogP contribution in [-0.2, 0) is 28.8 Å². The van der Waals surface area contributed by atoms with Crippen molar-refractivity contribution in [1.82, 2.24) is 5.32 Å². The molecule has 3 rings (SSSR count). The Bertz CT molecular complexity index is 930. The lowest BCUT2D eigenvalue weighted by molar-refractivity contribution is -0.136. The van der Waals surface area contributed by atoms with Gasteiger partial charge in [0.05, 0.1) is 18.8 Å². The fourth-order valence-corrected chi connectivity index (χ4v) is 5.20. The molecule has 1 aliphatic rings. The van der Waals surface area contributed by atoms with E-state index in [2.05, 4.69) is 50.4 Å². The second-order valence-electron chi connectivity index (χ2n) is 10.5. The van der Waals surface area contributed by atoms with E-state index in [0.717, 1.165) is 42.4 Å². The minimum Gasteiger partial charge on any atom is -0.481 e. The first kappa shape index (κ1) is 26.4. The molecule has 186 valence electrons. The number of ether oxygens (including phenoxy) is 1. The molecule has 0 radical (unpaired) electrons. The molecular weight excluding hydrogens is 426 g/mol. The highest BCUT2D eigenvalue weighted by molar-refractivity contribution is 5.67. The van der Waals surface area contributed by atoms with E-state index < -0.39 is 12.1 Å². The number of aliphatic carboxylic acids is 1. The molecule has 0 amide bonds. The standard InChI is InChI=1S/C29H41NO4/c1-5-27(26-12-10-20(2)14-24(26)11-13-28(32)33)34-19-25(31)18-30-29(3,4)17-21-15-22-8-6-7-9-23(22)16-21/h6-10,12,14,21,25,27,30-31H,5,11,13,15-19H2,1-4H3,(H,32,33)/t25-,27-/m1/s1. The van der Waals surface area contributed by atoms with Crippen molar-refractivity contribution in [2.24, 2.45) is 5.92 Å². The summed E-state index contributed by atoms with van der Waals surface area (Å²) in [6.45, 7) is 9.20. The van der Waals surface area contributed by atoms with Crippen molar-refractivity contribution in [2.45, 2.75) is 84.0 Å². The quantitative estimate of drug-likeness (QED) is 0.386. The molecule has 5 nitrogen and oxygen atoms in total. The largest absolute Gasteiger partial charge is 0.481 e. The van der Waals surface area contributed by atoms with Crippen LogP contribution in [0.1, 0.15) is 74.0 Å². The number of aliphatic hydroxyl groups is 1. The molecule has 0 aliphatic heterocycles. The minimum absolute atomic E-state index is 0.0706. The number of β-amino-alcohol motifs (C(OH)–C–C–N with tert-alkyl or cyclic N) is 1. The van der Waals surface area contributed by atoms with Gasteiger partial charge in [-0.2, -0.15) is 0 Å². The molecule has 0 aromatic heterocycles. The zero-order valence-corrected chi connectivity index (χ0v) is 21.1. The van der Waals surface area contributed by atoms with Gasteiger partial charge in [-0.25, -0.2) is 0 Å². The minimum atomic E-state index is -0.799. The Labute approximate surface area is 204 Å². The Balaban J connectivity index is 1.49. The molecular formula is C29H41NO4. The van der Waals surface area contributed by atoms with Crippen molar-refractivity contribution in [3.05, 3.63) is 70.3 Å². The first-order chi connectivity index (χ1) is 16.2. The van der Waals surface area contributed by atoms with Crippen LogP contribution < -0.4 is 5.32 Å². The Morgan fingerprint density at radius 1 is 1.18 bits per heavy atom. The summed E-state index contributed by atoms with van der Waals surface area (Å²) in [5, 5.41) is 23.3. The van der Waals surface area contributed by atoms with E-state index in [9.17, 15) is 9.90 Å². The van der Waals surface area contributed by atoms with Gasteiger partial charge in [-0.3, -0.25) is 4.79 Å². The Morgan fingerprint density at radius 3 is 2.47 bits per heavy atom. The molecule has 3 N–H and O–H groups in total. The van der Waals surface area contributed by atoms with Gasteiger partial charge >= 0.3 is 5.97 Å². The third kappa shape index (κ3) is 7.66. The summed E-state index contributed by atoms with van der Waals surface area (Å²) in [5.74, 6) is -0.171. The molecule has 1 aliphatic carbocycles. The fraction of sp³-hybridized carbons (Fsp3) is 0.552. The second kappa shape index (κ2) is 12.0. The molecule has 0 heterocycles. The van der Waals surface area contributed by atoms with Crippen LogP contribution in [0.3, 0.4) is 0 Å². The van der Waals surface area contributed by atoms with Crippen LogP contribution in [-0.4, -0.2) is 41.0 Å². The Hall–Kier alpha value is -2.21. The molecule has 0 fully saturated rings. The number of hydrogen-bond donors (Lipinski definition) is 3. The number of benzene rings is 2. The van der Waals surface area contributed by atoms with Gasteiger partial charge in [0.2, 0.25) is 0 Å². The number of aliphatic hydroxyl groups excluding tert-OH is 1. The highest BCUT2D eigenvalue weighted by Gasteiger charge is 2.28. The van der Waals surface area contributed by atoms with Crippen LogP contribution in [0.25, 0.3) is 0 Å². The topological polar surface area (TPSA) is 78.8 Å². The molecule has 2 atom stereocenters. The molecule has 0 saturated heterocycles. The summed E-state index contributed by atoms with van der Waals surface area (Å²) < 4.78 is 6.13. The summed E-state index contributed by atoms with van der Waals surface area (Å²) in [6.07, 6.45) is 3.89. The highest BCUT2D eigenvalue weighted by Crippen LogP contribution is 2.32. The van der Waals surface area contributed by atoms with E-state index in [-0.39, 0.29) is 24.7 Å². The van der Waals surface area contributed by atoms with E-state index in [1.807, 2.05) is 25.1 Å². The number of hydrogen-bond acceptors (Lipinski definition) is 4.